The van der Waals surface area contributed by atoms with Crippen LogP contribution in [-0.4, -0.2) is 53.3 Å². The van der Waals surface area contributed by atoms with E-state index in [0.717, 1.165) is 16.0 Å². The molecule has 0 radical (unpaired) electrons. The number of hydrogen-bond donors (Lipinski definition) is 2. The number of benzene rings is 2. The number of nitrogens with one attached hydrogen (secondary N) is 1. The Bertz CT molecular complexity index is 1270. The molecule has 3 rings (SSSR count). The summed E-state index contributed by atoms with van der Waals surface area (Å²) >= 11 is 0. The van der Waals surface area contributed by atoms with Crippen LogP contribution in [-0.2, 0) is 19.2 Å². The lowest BCUT2D eigenvalue weighted by molar-refractivity contribution is -0.188. The first kappa shape index (κ1) is 27.4. The molecule has 37 heavy (non-hydrogen) atoms. The van der Waals surface area contributed by atoms with Crippen LogP contribution in [0.25, 0.3) is 10.8 Å². The predicted molar refractivity (Wildman–Crippen MR) is 139 cm³/mol. The molecule has 0 aliphatic heterocycles. The summed E-state index contributed by atoms with van der Waals surface area (Å²) in [7, 11) is 1.55. The minimum absolute atomic E-state index is 0.0569. The minimum atomic E-state index is -0.619. The molecule has 1 aromatic heterocycles. The Labute approximate surface area is 215 Å². The topological polar surface area (TPSA) is 119 Å². The van der Waals surface area contributed by atoms with E-state index in [0.29, 0.717) is 35.6 Å². The second-order valence-electron chi connectivity index (χ2n) is 8.75. The van der Waals surface area contributed by atoms with Gasteiger partial charge in [0, 0.05) is 24.4 Å². The molecule has 3 aromatic rings. The summed E-state index contributed by atoms with van der Waals surface area (Å²) < 4.78 is 12.8. The third-order valence-electron chi connectivity index (χ3n) is 5.82. The third-order valence-corrected chi connectivity index (χ3v) is 5.82. The number of nitrogens with zero attached hydrogens (tertiary/aromatic N) is 2. The Morgan fingerprint density at radius 1 is 1.19 bits per heavy atom. The highest BCUT2D eigenvalue weighted by molar-refractivity contribution is 6.05. The molecule has 0 saturated carbocycles. The van der Waals surface area contributed by atoms with Crippen molar-refractivity contribution in [2.24, 2.45) is 5.92 Å². The maximum absolute atomic E-state index is 12.4. The van der Waals surface area contributed by atoms with Crippen LogP contribution in [0.5, 0.6) is 17.4 Å². The van der Waals surface area contributed by atoms with E-state index in [2.05, 4.69) is 5.32 Å². The number of amides is 2. The van der Waals surface area contributed by atoms with Crippen LogP contribution in [0, 0.1) is 5.92 Å². The van der Waals surface area contributed by atoms with E-state index in [1.165, 1.54) is 6.92 Å². The molecule has 1 atom stereocenters. The van der Waals surface area contributed by atoms with Gasteiger partial charge in [0.1, 0.15) is 0 Å². The number of carbonyl (C=O) groups excluding carboxylic acids is 3. The highest BCUT2D eigenvalue weighted by atomic mass is 16.7. The molecule has 0 fully saturated rings. The smallest absolute Gasteiger partial charge is 0.329 e. The zero-order chi connectivity index (χ0) is 27.1. The average molecular weight is 512 g/mol. The Balaban J connectivity index is 2.11. The predicted octanol–water partition coefficient (Wildman–Crippen LogP) is 4.26. The number of hydrogen-bond acceptors (Lipinski definition) is 7. The van der Waals surface area contributed by atoms with Crippen molar-refractivity contribution in [2.45, 2.75) is 40.2 Å². The van der Waals surface area contributed by atoms with Crippen molar-refractivity contribution in [2.75, 3.05) is 25.6 Å². The summed E-state index contributed by atoms with van der Waals surface area (Å²) in [4.78, 5) is 40.2. The Hall–Kier alpha value is -4.21. The summed E-state index contributed by atoms with van der Waals surface area (Å²) in [5.41, 5.74) is 1.26. The second-order valence-corrected chi connectivity index (χ2v) is 8.75. The fraction of sp³-hybridized carbons (Fsp3) is 0.370. The van der Waals surface area contributed by atoms with Gasteiger partial charge < -0.3 is 29.3 Å². The van der Waals surface area contributed by atoms with Gasteiger partial charge in [-0.3, -0.25) is 14.4 Å². The lowest BCUT2D eigenvalue weighted by atomic mass is 10.0. The van der Waals surface area contributed by atoms with Crippen molar-refractivity contribution in [3.8, 4) is 17.4 Å². The zero-order valence-electron chi connectivity index (χ0n) is 21.7. The van der Waals surface area contributed by atoms with Crippen molar-refractivity contribution in [3.05, 3.63) is 48.2 Å². The van der Waals surface area contributed by atoms with Crippen LogP contribution in [0.3, 0.4) is 0 Å². The Morgan fingerprint density at radius 3 is 2.57 bits per heavy atom. The number of aromatic hydroxyl groups is 1. The first-order valence-corrected chi connectivity index (χ1v) is 12.0. The lowest BCUT2D eigenvalue weighted by Gasteiger charge is -2.24. The van der Waals surface area contributed by atoms with Gasteiger partial charge in [-0.2, -0.15) is 5.06 Å². The molecule has 0 aliphatic carbocycles. The SMILES string of the molecule is CCOc1cc(C(CCN(C=O)OC(C)=O)n2cc3cccc(NC(=O)C(C)C)c3c2O)ccc1OC. The van der Waals surface area contributed by atoms with Crippen molar-refractivity contribution in [1.29, 1.82) is 0 Å². The van der Waals surface area contributed by atoms with E-state index in [9.17, 15) is 19.5 Å². The number of carbonyl (C=O) groups is 3. The fourth-order valence-corrected chi connectivity index (χ4v) is 4.06. The van der Waals surface area contributed by atoms with Crippen LogP contribution in [0.1, 0.15) is 45.7 Å². The number of fused-ring (bicyclic) bond motifs is 1. The van der Waals surface area contributed by atoms with E-state index >= 15 is 0 Å². The van der Waals surface area contributed by atoms with Crippen molar-refractivity contribution >= 4 is 34.7 Å². The van der Waals surface area contributed by atoms with Crippen LogP contribution >= 0.6 is 0 Å². The van der Waals surface area contributed by atoms with Gasteiger partial charge >= 0.3 is 5.97 Å². The molecular formula is C27H33N3O7. The summed E-state index contributed by atoms with van der Waals surface area (Å²) in [5.74, 6) is 0.000366. The highest BCUT2D eigenvalue weighted by Crippen LogP contribution is 2.40. The summed E-state index contributed by atoms with van der Waals surface area (Å²) in [6.07, 6.45) is 2.50. The normalized spacial score (nSPS) is 11.7. The molecule has 2 amide bonds. The molecule has 0 spiro atoms. The number of rotatable bonds is 12. The van der Waals surface area contributed by atoms with Crippen molar-refractivity contribution < 1.29 is 33.8 Å². The van der Waals surface area contributed by atoms with Crippen LogP contribution < -0.4 is 14.8 Å². The minimum Gasteiger partial charge on any atom is -0.494 e. The van der Waals surface area contributed by atoms with Gasteiger partial charge in [0.15, 0.2) is 11.5 Å². The standard InChI is InChI=1S/C27H33N3O7/c1-6-36-24-14-19(10-11-23(24)35-5)22(12-13-29(16-31)37-18(4)32)30-15-20-8-7-9-21(25(20)27(30)34)28-26(33)17(2)3/h7-11,14-17,22,34H,6,12-13H2,1-5H3,(H,28,33). The van der Waals surface area contributed by atoms with Crippen LogP contribution in [0.2, 0.25) is 0 Å². The summed E-state index contributed by atoms with van der Waals surface area (Å²) in [5, 5.41) is 16.4. The molecule has 10 heteroatoms. The van der Waals surface area contributed by atoms with Gasteiger partial charge in [0.25, 0.3) is 0 Å². The largest absolute Gasteiger partial charge is 0.494 e. The van der Waals surface area contributed by atoms with Gasteiger partial charge in [-0.05, 0) is 37.1 Å². The van der Waals surface area contributed by atoms with E-state index in [1.54, 1.807) is 49.9 Å². The zero-order valence-corrected chi connectivity index (χ0v) is 21.7. The third kappa shape index (κ3) is 6.32. The maximum atomic E-state index is 12.4. The Kier molecular flexibility index (Phi) is 9.00. The fourth-order valence-electron chi connectivity index (χ4n) is 4.06. The van der Waals surface area contributed by atoms with E-state index in [-0.39, 0.29) is 30.7 Å². The van der Waals surface area contributed by atoms with Gasteiger partial charge in [-0.15, -0.1) is 0 Å². The number of aromatic nitrogens is 1. The maximum Gasteiger partial charge on any atom is 0.329 e. The first-order chi connectivity index (χ1) is 17.7. The number of methoxy groups -OCH3 is 1. The van der Waals surface area contributed by atoms with Gasteiger partial charge in [-0.25, -0.2) is 0 Å². The average Bonchev–Trinajstić information content (AvgIpc) is 3.20. The molecule has 2 aromatic carbocycles. The molecule has 0 bridgehead atoms. The second kappa shape index (κ2) is 12.2. The van der Waals surface area contributed by atoms with Gasteiger partial charge in [-0.1, -0.05) is 32.0 Å². The molecule has 198 valence electrons. The quantitative estimate of drug-likeness (QED) is 0.275. The monoisotopic (exact) mass is 511 g/mol. The van der Waals surface area contributed by atoms with E-state index < -0.39 is 12.0 Å². The van der Waals surface area contributed by atoms with Crippen LogP contribution in [0.4, 0.5) is 5.69 Å². The van der Waals surface area contributed by atoms with Crippen molar-refractivity contribution in [1.82, 2.24) is 9.63 Å². The van der Waals surface area contributed by atoms with Crippen molar-refractivity contribution in [3.63, 3.8) is 0 Å². The molecule has 10 nitrogen and oxygen atoms in total. The Morgan fingerprint density at radius 2 is 1.95 bits per heavy atom. The van der Waals surface area contributed by atoms with Gasteiger partial charge in [0.05, 0.1) is 37.4 Å². The summed E-state index contributed by atoms with van der Waals surface area (Å²) in [6.45, 7) is 7.14. The number of anilines is 1. The molecule has 2 N–H and O–H groups in total. The molecule has 1 unspecified atom stereocenters. The molecule has 0 aliphatic rings. The van der Waals surface area contributed by atoms with E-state index in [4.69, 9.17) is 14.3 Å². The summed E-state index contributed by atoms with van der Waals surface area (Å²) in [6, 6.07) is 10.3. The van der Waals surface area contributed by atoms with Gasteiger partial charge in [0.2, 0.25) is 18.2 Å². The number of hydroxylamine groups is 2. The first-order valence-electron chi connectivity index (χ1n) is 12.0. The molecule has 0 saturated heterocycles. The van der Waals surface area contributed by atoms with E-state index in [1.807, 2.05) is 25.1 Å². The molecule has 1 heterocycles. The van der Waals surface area contributed by atoms with Crippen LogP contribution in [0.15, 0.2) is 42.6 Å². The molecular weight excluding hydrogens is 478 g/mol. The lowest BCUT2D eigenvalue weighted by Crippen LogP contribution is -2.28. The highest BCUT2D eigenvalue weighted by Gasteiger charge is 2.24. The number of ether oxygens (including phenoxy) is 2.